The fourth-order valence-electron chi connectivity index (χ4n) is 4.41. The SMILES string of the molecule is O=C(O)/C=C/C(=O)O.c1ccc(CN2CC3COC(C4CCCCC4)(C2)O3)cc1. The van der Waals surface area contributed by atoms with Crippen molar-refractivity contribution in [2.45, 2.75) is 50.5 Å². The number of carbonyl (C=O) groups is 2. The average molecular weight is 403 g/mol. The lowest BCUT2D eigenvalue weighted by Crippen LogP contribution is -2.55. The van der Waals surface area contributed by atoms with Crippen LogP contribution in [-0.4, -0.2) is 58.6 Å². The molecule has 1 saturated carbocycles. The molecule has 0 radical (unpaired) electrons. The smallest absolute Gasteiger partial charge is 0.328 e. The Bertz CT molecular complexity index is 699. The standard InChI is InChI=1S/C18H25NO2.C4H4O4/c1-3-7-15(8-4-1)11-19-12-17-13-20-18(14-19,21-17)16-9-5-2-6-10-16;5-3(6)1-2-4(7)8/h1,3-4,7-8,16-17H,2,5-6,9-14H2;1-2H,(H,5,6)(H,7,8)/b;2-1+. The minimum atomic E-state index is -1.26. The van der Waals surface area contributed by atoms with Crippen molar-refractivity contribution in [2.75, 3.05) is 19.7 Å². The molecule has 0 amide bonds. The van der Waals surface area contributed by atoms with Crippen LogP contribution in [0.2, 0.25) is 0 Å². The van der Waals surface area contributed by atoms with Gasteiger partial charge in [-0.3, -0.25) is 4.90 Å². The molecule has 3 fully saturated rings. The van der Waals surface area contributed by atoms with Crippen molar-refractivity contribution in [3.63, 3.8) is 0 Å². The highest BCUT2D eigenvalue weighted by Gasteiger charge is 2.52. The maximum Gasteiger partial charge on any atom is 0.328 e. The van der Waals surface area contributed by atoms with Gasteiger partial charge in [0.05, 0.1) is 19.3 Å². The number of hydrogen-bond donors (Lipinski definition) is 2. The number of fused-ring (bicyclic) bond motifs is 2. The van der Waals surface area contributed by atoms with E-state index >= 15 is 0 Å². The lowest BCUT2D eigenvalue weighted by Gasteiger charge is -2.44. The molecule has 1 aromatic rings. The largest absolute Gasteiger partial charge is 0.478 e. The van der Waals surface area contributed by atoms with Crippen molar-refractivity contribution in [2.24, 2.45) is 5.92 Å². The maximum absolute atomic E-state index is 9.55. The highest BCUT2D eigenvalue weighted by Crippen LogP contribution is 2.43. The fraction of sp³-hybridized carbons (Fsp3) is 0.545. The number of ether oxygens (including phenoxy) is 2. The van der Waals surface area contributed by atoms with E-state index in [0.717, 1.165) is 26.2 Å². The predicted octanol–water partition coefficient (Wildman–Crippen LogP) is 2.91. The number of aliphatic carboxylic acids is 2. The van der Waals surface area contributed by atoms with E-state index in [1.165, 1.54) is 37.7 Å². The molecule has 0 aromatic heterocycles. The zero-order valence-electron chi connectivity index (χ0n) is 16.5. The third-order valence-corrected chi connectivity index (χ3v) is 5.63. The van der Waals surface area contributed by atoms with Crippen LogP contribution in [0.3, 0.4) is 0 Å². The zero-order valence-corrected chi connectivity index (χ0v) is 16.5. The average Bonchev–Trinajstić information content (AvgIpc) is 3.04. The molecule has 0 spiro atoms. The molecule has 2 bridgehead atoms. The van der Waals surface area contributed by atoms with E-state index in [1.54, 1.807) is 0 Å². The Morgan fingerprint density at radius 3 is 2.34 bits per heavy atom. The molecular weight excluding hydrogens is 374 g/mol. The second-order valence-electron chi connectivity index (χ2n) is 7.86. The summed E-state index contributed by atoms with van der Waals surface area (Å²) >= 11 is 0. The van der Waals surface area contributed by atoms with Gasteiger partial charge in [0.2, 0.25) is 0 Å². The van der Waals surface area contributed by atoms with E-state index < -0.39 is 11.9 Å². The molecule has 1 aromatic carbocycles. The first-order valence-corrected chi connectivity index (χ1v) is 10.2. The van der Waals surface area contributed by atoms with Gasteiger partial charge in [0.15, 0.2) is 5.79 Å². The van der Waals surface area contributed by atoms with Crippen LogP contribution in [0.15, 0.2) is 42.5 Å². The molecule has 1 aliphatic carbocycles. The third-order valence-electron chi connectivity index (χ3n) is 5.63. The summed E-state index contributed by atoms with van der Waals surface area (Å²) in [6.45, 7) is 3.73. The summed E-state index contributed by atoms with van der Waals surface area (Å²) in [5.41, 5.74) is 1.39. The van der Waals surface area contributed by atoms with E-state index in [9.17, 15) is 9.59 Å². The predicted molar refractivity (Wildman–Crippen MR) is 106 cm³/mol. The van der Waals surface area contributed by atoms with Crippen LogP contribution >= 0.6 is 0 Å². The highest BCUT2D eigenvalue weighted by atomic mass is 16.7. The van der Waals surface area contributed by atoms with Gasteiger partial charge in [-0.25, -0.2) is 9.59 Å². The van der Waals surface area contributed by atoms with Crippen molar-refractivity contribution in [1.29, 1.82) is 0 Å². The van der Waals surface area contributed by atoms with Gasteiger partial charge in [-0.05, 0) is 18.4 Å². The van der Waals surface area contributed by atoms with Gasteiger partial charge >= 0.3 is 11.9 Å². The molecule has 2 heterocycles. The van der Waals surface area contributed by atoms with Crippen LogP contribution in [-0.2, 0) is 25.6 Å². The minimum absolute atomic E-state index is 0.268. The molecule has 3 aliphatic rings. The number of carboxylic acids is 2. The fourth-order valence-corrected chi connectivity index (χ4v) is 4.41. The first kappa shape index (κ1) is 21.5. The van der Waals surface area contributed by atoms with Crippen LogP contribution in [0.25, 0.3) is 0 Å². The number of morpholine rings is 1. The summed E-state index contributed by atoms with van der Waals surface area (Å²) in [6, 6.07) is 10.8. The van der Waals surface area contributed by atoms with Crippen LogP contribution in [0.4, 0.5) is 0 Å². The van der Waals surface area contributed by atoms with Crippen LogP contribution < -0.4 is 0 Å². The molecule has 2 saturated heterocycles. The van der Waals surface area contributed by atoms with Crippen molar-refractivity contribution in [3.05, 3.63) is 48.0 Å². The Kier molecular flexibility index (Phi) is 7.41. The van der Waals surface area contributed by atoms with E-state index in [4.69, 9.17) is 19.7 Å². The summed E-state index contributed by atoms with van der Waals surface area (Å²) < 4.78 is 12.5. The summed E-state index contributed by atoms with van der Waals surface area (Å²) in [4.78, 5) is 21.6. The normalized spacial score (nSPS) is 27.4. The first-order valence-electron chi connectivity index (χ1n) is 10.2. The molecule has 7 heteroatoms. The number of benzene rings is 1. The maximum atomic E-state index is 9.55. The number of hydrogen-bond acceptors (Lipinski definition) is 5. The monoisotopic (exact) mass is 403 g/mol. The summed E-state index contributed by atoms with van der Waals surface area (Å²) in [5.74, 6) is -2.23. The van der Waals surface area contributed by atoms with Crippen molar-refractivity contribution in [1.82, 2.24) is 4.90 Å². The molecule has 2 atom stereocenters. The zero-order chi connectivity index (χ0) is 20.7. The van der Waals surface area contributed by atoms with Crippen molar-refractivity contribution >= 4 is 11.9 Å². The minimum Gasteiger partial charge on any atom is -0.478 e. The molecule has 4 rings (SSSR count). The van der Waals surface area contributed by atoms with Crippen molar-refractivity contribution < 1.29 is 29.3 Å². The second-order valence-corrected chi connectivity index (χ2v) is 7.86. The quantitative estimate of drug-likeness (QED) is 0.730. The highest BCUT2D eigenvalue weighted by molar-refractivity contribution is 5.89. The summed E-state index contributed by atoms with van der Waals surface area (Å²) in [7, 11) is 0. The van der Waals surface area contributed by atoms with Crippen LogP contribution in [0, 0.1) is 5.92 Å². The van der Waals surface area contributed by atoms with E-state index in [0.29, 0.717) is 18.1 Å². The number of carboxylic acid groups (broad SMARTS) is 2. The van der Waals surface area contributed by atoms with E-state index in [-0.39, 0.29) is 11.9 Å². The number of rotatable bonds is 5. The lowest BCUT2D eigenvalue weighted by molar-refractivity contribution is -0.241. The third kappa shape index (κ3) is 6.13. The van der Waals surface area contributed by atoms with E-state index in [1.807, 2.05) is 0 Å². The summed E-state index contributed by atoms with van der Waals surface area (Å²) in [5, 5.41) is 15.6. The van der Waals surface area contributed by atoms with Gasteiger partial charge in [-0.2, -0.15) is 0 Å². The Balaban J connectivity index is 0.000000258. The van der Waals surface area contributed by atoms with Gasteiger partial charge in [-0.15, -0.1) is 0 Å². The molecule has 2 unspecified atom stereocenters. The van der Waals surface area contributed by atoms with Crippen LogP contribution in [0.1, 0.15) is 37.7 Å². The lowest BCUT2D eigenvalue weighted by atomic mass is 9.82. The Morgan fingerprint density at radius 2 is 1.72 bits per heavy atom. The Labute approximate surface area is 170 Å². The topological polar surface area (TPSA) is 96.3 Å². The molecule has 29 heavy (non-hydrogen) atoms. The summed E-state index contributed by atoms with van der Waals surface area (Å²) in [6.07, 6.45) is 7.97. The number of nitrogens with zero attached hydrogens (tertiary/aromatic N) is 1. The van der Waals surface area contributed by atoms with Gasteiger partial charge in [-0.1, -0.05) is 49.6 Å². The van der Waals surface area contributed by atoms with Crippen molar-refractivity contribution in [3.8, 4) is 0 Å². The van der Waals surface area contributed by atoms with Gasteiger partial charge in [0, 0.05) is 31.2 Å². The molecule has 158 valence electrons. The second kappa shape index (κ2) is 10.0. The van der Waals surface area contributed by atoms with Gasteiger partial charge < -0.3 is 19.7 Å². The van der Waals surface area contributed by atoms with Crippen LogP contribution in [0.5, 0.6) is 0 Å². The van der Waals surface area contributed by atoms with Gasteiger partial charge in [0.1, 0.15) is 0 Å². The Morgan fingerprint density at radius 1 is 1.07 bits per heavy atom. The molecule has 2 N–H and O–H groups in total. The molecular formula is C22H29NO6. The van der Waals surface area contributed by atoms with Gasteiger partial charge in [0.25, 0.3) is 0 Å². The first-order chi connectivity index (χ1) is 14.0. The molecule has 7 nitrogen and oxygen atoms in total. The van der Waals surface area contributed by atoms with E-state index in [2.05, 4.69) is 35.2 Å². The Hall–Kier alpha value is -2.22. The molecule has 2 aliphatic heterocycles.